The van der Waals surface area contributed by atoms with Gasteiger partial charge in [-0.1, -0.05) is 36.5 Å². The van der Waals surface area contributed by atoms with Gasteiger partial charge in [-0.25, -0.2) is 0 Å². The van der Waals surface area contributed by atoms with Crippen LogP contribution in [-0.4, -0.2) is 30.4 Å². The van der Waals surface area contributed by atoms with Gasteiger partial charge in [0, 0.05) is 12.3 Å². The zero-order chi connectivity index (χ0) is 24.1. The van der Waals surface area contributed by atoms with Crippen LogP contribution >= 0.6 is 0 Å². The number of aliphatic hydroxyl groups excluding tert-OH is 1. The number of ketones is 2. The Labute approximate surface area is 202 Å². The Morgan fingerprint density at radius 1 is 1.18 bits per heavy atom. The van der Waals surface area contributed by atoms with E-state index in [1.165, 1.54) is 22.3 Å². The van der Waals surface area contributed by atoms with Crippen molar-refractivity contribution in [2.45, 2.75) is 64.7 Å². The average molecular weight is 459 g/mol. The van der Waals surface area contributed by atoms with Gasteiger partial charge in [0.1, 0.15) is 18.1 Å². The Morgan fingerprint density at radius 2 is 1.94 bits per heavy atom. The summed E-state index contributed by atoms with van der Waals surface area (Å²) < 4.78 is 5.41. The topological polar surface area (TPSA) is 63.6 Å². The van der Waals surface area contributed by atoms with Crippen molar-refractivity contribution in [2.24, 2.45) is 22.7 Å². The first kappa shape index (κ1) is 23.1. The van der Waals surface area contributed by atoms with E-state index in [0.717, 1.165) is 44.3 Å². The van der Waals surface area contributed by atoms with Crippen LogP contribution in [-0.2, 0) is 9.59 Å². The minimum absolute atomic E-state index is 0.127. The van der Waals surface area contributed by atoms with Crippen molar-refractivity contribution in [1.29, 1.82) is 0 Å². The minimum Gasteiger partial charge on any atom is -0.497 e. The van der Waals surface area contributed by atoms with Crippen molar-refractivity contribution in [3.63, 3.8) is 0 Å². The Hall–Kier alpha value is -2.64. The monoisotopic (exact) mass is 458 g/mol. The first-order chi connectivity index (χ1) is 16.3. The number of allylic oxidation sites excluding steroid dienone is 4. The second kappa shape index (κ2) is 8.54. The molecule has 5 atom stereocenters. The molecule has 1 N–H and O–H groups in total. The quantitative estimate of drug-likeness (QED) is 0.635. The third kappa shape index (κ3) is 3.32. The van der Waals surface area contributed by atoms with Gasteiger partial charge in [0.15, 0.2) is 5.78 Å². The van der Waals surface area contributed by atoms with Crippen LogP contribution in [0.15, 0.2) is 47.1 Å². The van der Waals surface area contributed by atoms with Crippen LogP contribution in [0.25, 0.3) is 0 Å². The third-order valence-corrected chi connectivity index (χ3v) is 9.43. The van der Waals surface area contributed by atoms with Crippen LogP contribution in [0, 0.1) is 34.5 Å². The maximum Gasteiger partial charge on any atom is 0.156 e. The van der Waals surface area contributed by atoms with Crippen LogP contribution in [0.4, 0.5) is 0 Å². The van der Waals surface area contributed by atoms with E-state index in [-0.39, 0.29) is 29.5 Å². The molecule has 5 rings (SSSR count). The summed E-state index contributed by atoms with van der Waals surface area (Å²) in [5.74, 6) is 8.31. The number of rotatable bonds is 3. The molecule has 1 aromatic carbocycles. The minimum atomic E-state index is -0.722. The molecule has 0 aromatic heterocycles. The molecule has 4 aliphatic rings. The van der Waals surface area contributed by atoms with E-state index in [0.29, 0.717) is 18.3 Å². The van der Waals surface area contributed by atoms with Crippen LogP contribution < -0.4 is 4.74 Å². The van der Waals surface area contributed by atoms with E-state index in [4.69, 9.17) is 4.74 Å². The van der Waals surface area contributed by atoms with Crippen LogP contribution in [0.1, 0.15) is 70.3 Å². The summed E-state index contributed by atoms with van der Waals surface area (Å²) in [7, 11) is 1.68. The van der Waals surface area contributed by atoms with Crippen LogP contribution in [0.2, 0.25) is 0 Å². The lowest BCUT2D eigenvalue weighted by Gasteiger charge is -2.54. The standard InChI is InChI=1S/C30H34O4/c1-19(32)30(14-4-16-31)15-13-27-25-11-7-21-17-22(33)8-12-24(21)28(25)26(18-29(27,30)2)20-5-9-23(34-3)10-6-20/h5-6,9-10,17,25-27,31H,7-8,11-13,15-16,18H2,1-3H3/t25-,26+,27-,29-,30+/m0/s1. The number of aliphatic hydroxyl groups is 1. The van der Waals surface area contributed by atoms with Gasteiger partial charge in [0.2, 0.25) is 0 Å². The maximum absolute atomic E-state index is 13.2. The Morgan fingerprint density at radius 3 is 2.62 bits per heavy atom. The molecule has 0 unspecified atom stereocenters. The second-order valence-corrected chi connectivity index (χ2v) is 10.7. The molecular weight excluding hydrogens is 424 g/mol. The maximum atomic E-state index is 13.2. The fraction of sp³-hybridized carbons (Fsp3) is 0.533. The average Bonchev–Trinajstić information content (AvgIpc) is 3.14. The number of carbonyl (C=O) groups excluding carboxylic acids is 2. The number of fused-ring (bicyclic) bond motifs is 4. The molecular formula is C30H34O4. The normalized spacial score (nSPS) is 34.3. The molecule has 0 heterocycles. The molecule has 4 heteroatoms. The zero-order valence-corrected chi connectivity index (χ0v) is 20.4. The SMILES string of the molecule is COc1ccc([C@H]2C[C@@]3(C)[C@@H](CC[C@]3(C#CCO)C(C)=O)[C@@H]3CCC4=CC(=O)CCC4=C32)cc1. The predicted molar refractivity (Wildman–Crippen MR) is 131 cm³/mol. The Balaban J connectivity index is 1.70. The van der Waals surface area contributed by atoms with Crippen molar-refractivity contribution >= 4 is 11.6 Å². The van der Waals surface area contributed by atoms with E-state index in [1.54, 1.807) is 14.0 Å². The van der Waals surface area contributed by atoms with Gasteiger partial charge in [-0.3, -0.25) is 9.59 Å². The molecule has 4 nitrogen and oxygen atoms in total. The summed E-state index contributed by atoms with van der Waals surface area (Å²) in [6.45, 7) is 3.74. The van der Waals surface area contributed by atoms with Gasteiger partial charge >= 0.3 is 0 Å². The molecule has 0 amide bonds. The summed E-state index contributed by atoms with van der Waals surface area (Å²) >= 11 is 0. The number of carbonyl (C=O) groups is 2. The molecule has 0 saturated heterocycles. The van der Waals surface area contributed by atoms with Crippen molar-refractivity contribution < 1.29 is 19.4 Å². The molecule has 1 aromatic rings. The van der Waals surface area contributed by atoms with E-state index >= 15 is 0 Å². The highest BCUT2D eigenvalue weighted by molar-refractivity contribution is 5.93. The molecule has 34 heavy (non-hydrogen) atoms. The van der Waals surface area contributed by atoms with E-state index < -0.39 is 5.41 Å². The lowest BCUT2D eigenvalue weighted by molar-refractivity contribution is -0.130. The van der Waals surface area contributed by atoms with Gasteiger partial charge in [0.05, 0.1) is 12.5 Å². The lowest BCUT2D eigenvalue weighted by Crippen LogP contribution is -2.50. The summed E-state index contributed by atoms with van der Waals surface area (Å²) in [4.78, 5) is 25.4. The van der Waals surface area contributed by atoms with E-state index in [9.17, 15) is 14.7 Å². The van der Waals surface area contributed by atoms with Crippen LogP contribution in [0.5, 0.6) is 5.75 Å². The Kier molecular flexibility index (Phi) is 5.81. The van der Waals surface area contributed by atoms with E-state index in [1.807, 2.05) is 18.2 Å². The third-order valence-electron chi connectivity index (χ3n) is 9.43. The zero-order valence-electron chi connectivity index (χ0n) is 20.4. The molecule has 4 aliphatic carbocycles. The van der Waals surface area contributed by atoms with Gasteiger partial charge in [-0.05, 0) is 97.6 Å². The fourth-order valence-electron chi connectivity index (χ4n) is 7.89. The van der Waals surface area contributed by atoms with Gasteiger partial charge in [-0.2, -0.15) is 0 Å². The molecule has 2 saturated carbocycles. The van der Waals surface area contributed by atoms with Gasteiger partial charge in [-0.15, -0.1) is 0 Å². The molecule has 0 spiro atoms. The number of hydrogen-bond donors (Lipinski definition) is 1. The van der Waals surface area contributed by atoms with E-state index in [2.05, 4.69) is 30.9 Å². The molecule has 178 valence electrons. The number of methoxy groups -OCH3 is 1. The summed E-state index contributed by atoms with van der Waals surface area (Å²) in [5, 5.41) is 9.48. The van der Waals surface area contributed by atoms with Crippen molar-refractivity contribution in [3.8, 4) is 17.6 Å². The highest BCUT2D eigenvalue weighted by atomic mass is 16.5. The summed E-state index contributed by atoms with van der Waals surface area (Å²) in [6, 6.07) is 8.36. The number of ether oxygens (including phenoxy) is 1. The predicted octanol–water partition coefficient (Wildman–Crippen LogP) is 5.17. The highest BCUT2D eigenvalue weighted by Gasteiger charge is 2.64. The first-order valence-corrected chi connectivity index (χ1v) is 12.6. The summed E-state index contributed by atoms with van der Waals surface area (Å²) in [5.41, 5.74) is 4.39. The molecule has 0 bridgehead atoms. The smallest absolute Gasteiger partial charge is 0.156 e. The largest absolute Gasteiger partial charge is 0.497 e. The number of Topliss-reactive ketones (excluding diaryl/α,β-unsaturated/α-hetero) is 1. The van der Waals surface area contributed by atoms with Gasteiger partial charge in [0.25, 0.3) is 0 Å². The van der Waals surface area contributed by atoms with Crippen molar-refractivity contribution in [1.82, 2.24) is 0 Å². The van der Waals surface area contributed by atoms with Crippen molar-refractivity contribution in [2.75, 3.05) is 13.7 Å². The first-order valence-electron chi connectivity index (χ1n) is 12.6. The molecule has 0 radical (unpaired) electrons. The van der Waals surface area contributed by atoms with Crippen molar-refractivity contribution in [3.05, 3.63) is 52.6 Å². The lowest BCUT2D eigenvalue weighted by atomic mass is 9.48. The number of hydrogen-bond acceptors (Lipinski definition) is 4. The molecule has 2 fully saturated rings. The fourth-order valence-corrected chi connectivity index (χ4v) is 7.89. The second-order valence-electron chi connectivity index (χ2n) is 10.7. The Bertz CT molecular complexity index is 1140. The van der Waals surface area contributed by atoms with Gasteiger partial charge < -0.3 is 9.84 Å². The van der Waals surface area contributed by atoms with Crippen LogP contribution in [0.3, 0.4) is 0 Å². The highest BCUT2D eigenvalue weighted by Crippen LogP contribution is 2.69. The summed E-state index contributed by atoms with van der Waals surface area (Å²) in [6.07, 6.45) is 7.85. The number of benzene rings is 1. The molecule has 0 aliphatic heterocycles.